The van der Waals surface area contributed by atoms with Crippen molar-refractivity contribution in [3.63, 3.8) is 0 Å². The maximum absolute atomic E-state index is 13.8. The van der Waals surface area contributed by atoms with E-state index in [0.717, 1.165) is 53.6 Å². The molecule has 4 heteroatoms. The predicted molar refractivity (Wildman–Crippen MR) is 139 cm³/mol. The highest BCUT2D eigenvalue weighted by Gasteiger charge is 2.27. The highest BCUT2D eigenvalue weighted by molar-refractivity contribution is 5.95. The summed E-state index contributed by atoms with van der Waals surface area (Å²) in [5.74, 6) is -0.139. The topological polar surface area (TPSA) is 25.2 Å². The highest BCUT2D eigenvalue weighted by atomic mass is 19.1. The Kier molecular flexibility index (Phi) is 7.08. The molecule has 0 bridgehead atoms. The summed E-state index contributed by atoms with van der Waals surface area (Å²) in [4.78, 5) is 15.9. The molecule has 0 spiro atoms. The molecule has 1 aliphatic carbocycles. The third kappa shape index (κ3) is 5.54. The van der Waals surface area contributed by atoms with Crippen molar-refractivity contribution in [3.8, 4) is 11.1 Å². The van der Waals surface area contributed by atoms with E-state index in [1.807, 2.05) is 66.9 Å². The summed E-state index contributed by atoms with van der Waals surface area (Å²) < 4.78 is 15.5. The molecule has 1 heterocycles. The van der Waals surface area contributed by atoms with E-state index in [2.05, 4.69) is 27.7 Å². The van der Waals surface area contributed by atoms with Gasteiger partial charge >= 0.3 is 0 Å². The minimum atomic E-state index is -0.228. The van der Waals surface area contributed by atoms with Gasteiger partial charge in [0, 0.05) is 30.0 Å². The van der Waals surface area contributed by atoms with Gasteiger partial charge in [-0.2, -0.15) is 0 Å². The van der Waals surface area contributed by atoms with Gasteiger partial charge in [-0.25, -0.2) is 4.39 Å². The first-order valence-corrected chi connectivity index (χ1v) is 12.5. The van der Waals surface area contributed by atoms with Crippen molar-refractivity contribution in [2.24, 2.45) is 0 Å². The Bertz CT molecular complexity index is 1240. The van der Waals surface area contributed by atoms with Crippen molar-refractivity contribution in [1.29, 1.82) is 0 Å². The molecule has 0 saturated heterocycles. The van der Waals surface area contributed by atoms with Gasteiger partial charge in [-0.1, -0.05) is 73.9 Å². The van der Waals surface area contributed by atoms with E-state index in [4.69, 9.17) is 0 Å². The summed E-state index contributed by atoms with van der Waals surface area (Å²) in [7, 11) is 0. The number of hydrogen-bond donors (Lipinski definition) is 0. The first-order valence-electron chi connectivity index (χ1n) is 12.5. The van der Waals surface area contributed by atoms with Gasteiger partial charge in [0.2, 0.25) is 0 Å². The molecule has 0 N–H and O–H groups in total. The van der Waals surface area contributed by atoms with Gasteiger partial charge in [0.05, 0.1) is 6.54 Å². The molecule has 3 aromatic carbocycles. The van der Waals surface area contributed by atoms with Crippen molar-refractivity contribution in [1.82, 2.24) is 9.47 Å². The van der Waals surface area contributed by atoms with E-state index in [1.54, 1.807) is 0 Å². The molecule has 0 unspecified atom stereocenters. The van der Waals surface area contributed by atoms with Crippen LogP contribution in [0.2, 0.25) is 0 Å². The van der Waals surface area contributed by atoms with Gasteiger partial charge in [-0.05, 0) is 65.9 Å². The second kappa shape index (κ2) is 10.7. The minimum Gasteiger partial charge on any atom is -0.345 e. The van der Waals surface area contributed by atoms with Crippen molar-refractivity contribution < 1.29 is 9.18 Å². The Morgan fingerprint density at radius 3 is 2.20 bits per heavy atom. The Hall–Kier alpha value is -3.66. The van der Waals surface area contributed by atoms with Crippen LogP contribution in [0, 0.1) is 5.82 Å². The molecular formula is C31H31FN2O. The Labute approximate surface area is 206 Å². The first-order chi connectivity index (χ1) is 17.2. The average Bonchev–Trinajstić information content (AvgIpc) is 3.36. The second-order valence-electron chi connectivity index (χ2n) is 9.42. The van der Waals surface area contributed by atoms with Crippen molar-refractivity contribution in [2.75, 3.05) is 0 Å². The molecule has 1 aromatic heterocycles. The lowest BCUT2D eigenvalue weighted by atomic mass is 9.93. The standard InChI is InChI=1S/C31H31FN2O/c32-28-19-13-24(14-20-28)22-33-21-7-12-30(33)23-34(29-10-5-2-6-11-29)31(35)27-17-15-26(16-18-27)25-8-3-1-4-9-25/h1,3-4,7-9,12-21,29H,2,5-6,10-11,22-23H2. The lowest BCUT2D eigenvalue weighted by Crippen LogP contribution is -2.41. The quantitative estimate of drug-likeness (QED) is 0.280. The van der Waals surface area contributed by atoms with Crippen LogP contribution < -0.4 is 0 Å². The molecule has 1 saturated carbocycles. The molecule has 1 aliphatic rings. The van der Waals surface area contributed by atoms with Gasteiger partial charge in [-0.3, -0.25) is 4.79 Å². The number of hydrogen-bond acceptors (Lipinski definition) is 1. The van der Waals surface area contributed by atoms with E-state index in [9.17, 15) is 9.18 Å². The number of rotatable bonds is 7. The van der Waals surface area contributed by atoms with Gasteiger partial charge in [0.25, 0.3) is 5.91 Å². The summed E-state index contributed by atoms with van der Waals surface area (Å²) in [5, 5.41) is 0. The van der Waals surface area contributed by atoms with Crippen LogP contribution in [0.25, 0.3) is 11.1 Å². The van der Waals surface area contributed by atoms with Crippen LogP contribution in [0.3, 0.4) is 0 Å². The van der Waals surface area contributed by atoms with Gasteiger partial charge in [0.1, 0.15) is 5.82 Å². The third-order valence-corrected chi connectivity index (χ3v) is 7.04. The Balaban J connectivity index is 1.38. The first kappa shape index (κ1) is 23.1. The third-order valence-electron chi connectivity index (χ3n) is 7.04. The summed E-state index contributed by atoms with van der Waals surface area (Å²) in [5.41, 5.74) is 5.12. The zero-order chi connectivity index (χ0) is 24.0. The van der Waals surface area contributed by atoms with Crippen molar-refractivity contribution in [3.05, 3.63) is 120 Å². The predicted octanol–water partition coefficient (Wildman–Crippen LogP) is 7.32. The molecule has 3 nitrogen and oxygen atoms in total. The Morgan fingerprint density at radius 1 is 0.800 bits per heavy atom. The lowest BCUT2D eigenvalue weighted by molar-refractivity contribution is 0.0608. The molecule has 0 radical (unpaired) electrons. The SMILES string of the molecule is O=C(c1ccc(-c2ccccc2)cc1)N(Cc1cccn1Cc1ccc(F)cc1)C1CCCCC1. The smallest absolute Gasteiger partial charge is 0.254 e. The monoisotopic (exact) mass is 466 g/mol. The zero-order valence-electron chi connectivity index (χ0n) is 19.9. The molecule has 0 aliphatic heterocycles. The number of amides is 1. The van der Waals surface area contributed by atoms with Gasteiger partial charge in [-0.15, -0.1) is 0 Å². The van der Waals surface area contributed by atoms with E-state index in [-0.39, 0.29) is 17.8 Å². The fourth-order valence-corrected chi connectivity index (χ4v) is 5.07. The summed E-state index contributed by atoms with van der Waals surface area (Å²) in [6.07, 6.45) is 7.71. The maximum Gasteiger partial charge on any atom is 0.254 e. The number of carbonyl (C=O) groups is 1. The molecule has 35 heavy (non-hydrogen) atoms. The van der Waals surface area contributed by atoms with Crippen molar-refractivity contribution in [2.45, 2.75) is 51.2 Å². The van der Waals surface area contributed by atoms with Gasteiger partial charge in [0.15, 0.2) is 0 Å². The molecule has 1 amide bonds. The van der Waals surface area contributed by atoms with Crippen LogP contribution in [0.5, 0.6) is 0 Å². The molecule has 5 rings (SSSR count). The van der Waals surface area contributed by atoms with Crippen LogP contribution in [0.4, 0.5) is 4.39 Å². The Morgan fingerprint density at radius 2 is 1.49 bits per heavy atom. The minimum absolute atomic E-state index is 0.0889. The lowest BCUT2D eigenvalue weighted by Gasteiger charge is -2.35. The largest absolute Gasteiger partial charge is 0.345 e. The number of halogens is 1. The van der Waals surface area contributed by atoms with Gasteiger partial charge < -0.3 is 9.47 Å². The summed E-state index contributed by atoms with van der Waals surface area (Å²) >= 11 is 0. The van der Waals surface area contributed by atoms with Crippen molar-refractivity contribution >= 4 is 5.91 Å². The molecule has 0 atom stereocenters. The van der Waals surface area contributed by atoms with Crippen LogP contribution in [-0.2, 0) is 13.1 Å². The number of aromatic nitrogens is 1. The summed E-state index contributed by atoms with van der Waals surface area (Å²) in [6, 6.07) is 29.2. The average molecular weight is 467 g/mol. The molecule has 178 valence electrons. The normalized spacial score (nSPS) is 14.1. The fraction of sp³-hybridized carbons (Fsp3) is 0.258. The highest BCUT2D eigenvalue weighted by Crippen LogP contribution is 2.27. The van der Waals surface area contributed by atoms with Crippen LogP contribution >= 0.6 is 0 Å². The van der Waals surface area contributed by atoms with Crippen LogP contribution in [0.1, 0.15) is 53.7 Å². The number of nitrogens with zero attached hydrogens (tertiary/aromatic N) is 2. The van der Waals surface area contributed by atoms with E-state index < -0.39 is 0 Å². The zero-order valence-corrected chi connectivity index (χ0v) is 19.9. The fourth-order valence-electron chi connectivity index (χ4n) is 5.07. The van der Waals surface area contributed by atoms with Crippen LogP contribution in [0.15, 0.2) is 97.2 Å². The van der Waals surface area contributed by atoms with E-state index in [1.165, 1.54) is 18.6 Å². The molecule has 1 fully saturated rings. The molecular weight excluding hydrogens is 435 g/mol. The van der Waals surface area contributed by atoms with E-state index >= 15 is 0 Å². The summed E-state index contributed by atoms with van der Waals surface area (Å²) in [6.45, 7) is 1.22. The maximum atomic E-state index is 13.8. The van der Waals surface area contributed by atoms with E-state index in [0.29, 0.717) is 13.1 Å². The van der Waals surface area contributed by atoms with Crippen LogP contribution in [-0.4, -0.2) is 21.4 Å². The second-order valence-corrected chi connectivity index (χ2v) is 9.42. The molecule has 4 aromatic rings. The number of carbonyl (C=O) groups excluding carboxylic acids is 1. The number of benzene rings is 3.